The molecule has 0 unspecified atom stereocenters. The molecule has 0 aliphatic heterocycles. The highest BCUT2D eigenvalue weighted by atomic mass is 14.3. The molecule has 0 heteroatoms. The first kappa shape index (κ1) is 12.2. The molecule has 0 spiro atoms. The van der Waals surface area contributed by atoms with Crippen molar-refractivity contribution in [3.05, 3.63) is 48.0 Å². The fourth-order valence-electron chi connectivity index (χ4n) is 2.88. The second-order valence-electron chi connectivity index (χ2n) is 4.90. The zero-order valence-corrected chi connectivity index (χ0v) is 11.2. The van der Waals surface area contributed by atoms with Gasteiger partial charge in [0.1, 0.15) is 0 Å². The molecule has 90 valence electrons. The molecule has 0 aliphatic rings. The average molecular weight is 226 g/mol. The molecular formula is C17H22. The minimum atomic E-state index is 0.365. The van der Waals surface area contributed by atoms with Crippen molar-refractivity contribution in [2.24, 2.45) is 0 Å². The summed E-state index contributed by atoms with van der Waals surface area (Å²) in [6.07, 6.45) is 3.66. The lowest BCUT2D eigenvalue weighted by Crippen LogP contribution is -2.23. The van der Waals surface area contributed by atoms with Gasteiger partial charge < -0.3 is 0 Å². The minimum absolute atomic E-state index is 0.365. The molecule has 0 fully saturated rings. The summed E-state index contributed by atoms with van der Waals surface area (Å²) in [5, 5.41) is 2.71. The van der Waals surface area contributed by atoms with Crippen molar-refractivity contribution < 1.29 is 0 Å². The molecule has 0 saturated heterocycles. The van der Waals surface area contributed by atoms with Gasteiger partial charge in [-0.05, 0) is 41.0 Å². The molecule has 0 bridgehead atoms. The van der Waals surface area contributed by atoms with Crippen molar-refractivity contribution in [2.45, 2.75) is 45.4 Å². The fourth-order valence-corrected chi connectivity index (χ4v) is 2.88. The highest BCUT2D eigenvalue weighted by Gasteiger charge is 2.25. The predicted molar refractivity (Wildman–Crippen MR) is 76.5 cm³/mol. The predicted octanol–water partition coefficient (Wildman–Crippen LogP) is 5.31. The lowest BCUT2D eigenvalue weighted by atomic mass is 9.73. The highest BCUT2D eigenvalue weighted by Crippen LogP contribution is 2.36. The minimum Gasteiger partial charge on any atom is -0.0645 e. The van der Waals surface area contributed by atoms with E-state index in [1.807, 2.05) is 0 Å². The van der Waals surface area contributed by atoms with E-state index in [4.69, 9.17) is 0 Å². The van der Waals surface area contributed by atoms with E-state index in [1.54, 1.807) is 0 Å². The molecule has 0 amide bonds. The molecule has 0 N–H and O–H groups in total. The van der Waals surface area contributed by atoms with Gasteiger partial charge in [-0.25, -0.2) is 0 Å². The molecule has 2 aromatic rings. The standard InChI is InChI=1S/C17H22/c1-4-17(5-2,6-3)16-12-11-14-9-7-8-10-15(14)13-16/h7-13H,4-6H2,1-3H3. The number of rotatable bonds is 4. The van der Waals surface area contributed by atoms with Crippen LogP contribution < -0.4 is 0 Å². The van der Waals surface area contributed by atoms with Gasteiger partial charge in [0.05, 0.1) is 0 Å². The Hall–Kier alpha value is -1.30. The summed E-state index contributed by atoms with van der Waals surface area (Å²) in [6.45, 7) is 6.92. The SMILES string of the molecule is CCC(CC)(CC)c1ccc2ccccc2c1. The first-order valence-electron chi connectivity index (χ1n) is 6.75. The summed E-state index contributed by atoms with van der Waals surface area (Å²) in [6, 6.07) is 15.6. The van der Waals surface area contributed by atoms with Gasteiger partial charge in [0.2, 0.25) is 0 Å². The van der Waals surface area contributed by atoms with Crippen LogP contribution in [0, 0.1) is 0 Å². The van der Waals surface area contributed by atoms with E-state index in [0.717, 1.165) is 0 Å². The van der Waals surface area contributed by atoms with E-state index in [0.29, 0.717) is 5.41 Å². The van der Waals surface area contributed by atoms with Crippen LogP contribution in [0.15, 0.2) is 42.5 Å². The van der Waals surface area contributed by atoms with E-state index in [-0.39, 0.29) is 0 Å². The Morgan fingerprint density at radius 3 is 1.94 bits per heavy atom. The zero-order valence-electron chi connectivity index (χ0n) is 11.2. The van der Waals surface area contributed by atoms with Gasteiger partial charge in [0, 0.05) is 0 Å². The Bertz CT molecular complexity index is 484. The summed E-state index contributed by atoms with van der Waals surface area (Å²) in [5.41, 5.74) is 1.87. The van der Waals surface area contributed by atoms with E-state index < -0.39 is 0 Å². The van der Waals surface area contributed by atoms with Gasteiger partial charge >= 0.3 is 0 Å². The second kappa shape index (κ2) is 4.91. The Labute approximate surface area is 105 Å². The number of hydrogen-bond acceptors (Lipinski definition) is 0. The van der Waals surface area contributed by atoms with Gasteiger partial charge in [0.15, 0.2) is 0 Å². The summed E-state index contributed by atoms with van der Waals surface area (Å²) in [4.78, 5) is 0. The largest absolute Gasteiger partial charge is 0.0645 e. The van der Waals surface area contributed by atoms with Crippen LogP contribution in [0.3, 0.4) is 0 Å². The van der Waals surface area contributed by atoms with Crippen LogP contribution in [-0.2, 0) is 5.41 Å². The topological polar surface area (TPSA) is 0 Å². The van der Waals surface area contributed by atoms with Crippen molar-refractivity contribution in [1.82, 2.24) is 0 Å². The molecule has 0 aromatic heterocycles. The van der Waals surface area contributed by atoms with Crippen molar-refractivity contribution in [2.75, 3.05) is 0 Å². The monoisotopic (exact) mass is 226 g/mol. The number of hydrogen-bond donors (Lipinski definition) is 0. The molecule has 2 aromatic carbocycles. The molecule has 0 heterocycles. The Morgan fingerprint density at radius 1 is 0.765 bits per heavy atom. The van der Waals surface area contributed by atoms with E-state index >= 15 is 0 Å². The van der Waals surface area contributed by atoms with Crippen LogP contribution in [0.2, 0.25) is 0 Å². The summed E-state index contributed by atoms with van der Waals surface area (Å²) in [7, 11) is 0. The summed E-state index contributed by atoms with van der Waals surface area (Å²) >= 11 is 0. The quantitative estimate of drug-likeness (QED) is 0.663. The van der Waals surface area contributed by atoms with Crippen LogP contribution in [-0.4, -0.2) is 0 Å². The number of benzene rings is 2. The maximum absolute atomic E-state index is 2.38. The van der Waals surface area contributed by atoms with Crippen molar-refractivity contribution in [1.29, 1.82) is 0 Å². The fraction of sp³-hybridized carbons (Fsp3) is 0.412. The van der Waals surface area contributed by atoms with Crippen LogP contribution in [0.25, 0.3) is 10.8 Å². The maximum Gasteiger partial charge on any atom is -0.00546 e. The van der Waals surface area contributed by atoms with Crippen LogP contribution in [0.1, 0.15) is 45.6 Å². The molecule has 2 rings (SSSR count). The molecule has 0 saturated carbocycles. The zero-order chi connectivity index (χ0) is 12.3. The second-order valence-corrected chi connectivity index (χ2v) is 4.90. The highest BCUT2D eigenvalue weighted by molar-refractivity contribution is 5.83. The smallest absolute Gasteiger partial charge is 0.00546 e. The van der Waals surface area contributed by atoms with Gasteiger partial charge in [-0.2, -0.15) is 0 Å². The molecule has 0 radical (unpaired) electrons. The summed E-state index contributed by atoms with van der Waals surface area (Å²) < 4.78 is 0. The van der Waals surface area contributed by atoms with Crippen molar-refractivity contribution in [3.63, 3.8) is 0 Å². The normalized spacial score (nSPS) is 11.9. The Balaban J connectivity index is 2.55. The lowest BCUT2D eigenvalue weighted by molar-refractivity contribution is 0.382. The van der Waals surface area contributed by atoms with Crippen molar-refractivity contribution >= 4 is 10.8 Å². The first-order valence-corrected chi connectivity index (χ1v) is 6.75. The third kappa shape index (κ3) is 2.09. The van der Waals surface area contributed by atoms with Crippen LogP contribution in [0.4, 0.5) is 0 Å². The van der Waals surface area contributed by atoms with E-state index in [9.17, 15) is 0 Å². The molecule has 0 aliphatic carbocycles. The molecule has 17 heavy (non-hydrogen) atoms. The molecular weight excluding hydrogens is 204 g/mol. The average Bonchev–Trinajstić information content (AvgIpc) is 2.41. The van der Waals surface area contributed by atoms with E-state index in [1.165, 1.54) is 35.6 Å². The van der Waals surface area contributed by atoms with Crippen molar-refractivity contribution in [3.8, 4) is 0 Å². The van der Waals surface area contributed by atoms with Gasteiger partial charge in [-0.3, -0.25) is 0 Å². The van der Waals surface area contributed by atoms with Crippen LogP contribution in [0.5, 0.6) is 0 Å². The van der Waals surface area contributed by atoms with E-state index in [2.05, 4.69) is 63.2 Å². The summed E-state index contributed by atoms with van der Waals surface area (Å²) in [5.74, 6) is 0. The van der Waals surface area contributed by atoms with Gasteiger partial charge in [-0.15, -0.1) is 0 Å². The maximum atomic E-state index is 2.38. The Kier molecular flexibility index (Phi) is 3.51. The molecule has 0 nitrogen and oxygen atoms in total. The number of fused-ring (bicyclic) bond motifs is 1. The Morgan fingerprint density at radius 2 is 1.35 bits per heavy atom. The molecule has 0 atom stereocenters. The third-order valence-electron chi connectivity index (χ3n) is 4.39. The lowest BCUT2D eigenvalue weighted by Gasteiger charge is -2.31. The van der Waals surface area contributed by atoms with Gasteiger partial charge in [-0.1, -0.05) is 63.2 Å². The third-order valence-corrected chi connectivity index (χ3v) is 4.39. The van der Waals surface area contributed by atoms with Gasteiger partial charge in [0.25, 0.3) is 0 Å². The van der Waals surface area contributed by atoms with Crippen LogP contribution >= 0.6 is 0 Å². The first-order chi connectivity index (χ1) is 8.25.